The lowest BCUT2D eigenvalue weighted by Crippen LogP contribution is -2.09. The Bertz CT molecular complexity index is 447. The monoisotopic (exact) mass is 394 g/mol. The van der Waals surface area contributed by atoms with Gasteiger partial charge in [-0.15, -0.1) is 0 Å². The van der Waals surface area contributed by atoms with Crippen molar-refractivity contribution in [1.82, 2.24) is 0 Å². The Kier molecular flexibility index (Phi) is 8.05. The van der Waals surface area contributed by atoms with Gasteiger partial charge in [0.15, 0.2) is 0 Å². The van der Waals surface area contributed by atoms with Crippen molar-refractivity contribution in [2.24, 2.45) is 0 Å². The largest absolute Gasteiger partial charge is 0.465 e. The predicted molar refractivity (Wildman–Crippen MR) is 82.7 cm³/mol. The van der Waals surface area contributed by atoms with E-state index in [0.717, 1.165) is 21.1 Å². The lowest BCUT2D eigenvalue weighted by atomic mass is 10.0. The van der Waals surface area contributed by atoms with Crippen molar-refractivity contribution >= 4 is 28.6 Å². The molecule has 0 saturated carbocycles. The maximum Gasteiger partial charge on any atom is 0.337 e. The highest BCUT2D eigenvalue weighted by Gasteiger charge is 2.13. The molecule has 0 heterocycles. The van der Waals surface area contributed by atoms with Gasteiger partial charge in [-0.25, -0.2) is 4.79 Å². The number of hydrogen-bond donors (Lipinski definition) is 0. The zero-order valence-electron chi connectivity index (χ0n) is 11.9. The van der Waals surface area contributed by atoms with Gasteiger partial charge in [0.25, 0.3) is 0 Å². The van der Waals surface area contributed by atoms with Gasteiger partial charge in [-0.2, -0.15) is 0 Å². The van der Waals surface area contributed by atoms with E-state index in [1.54, 1.807) is 20.3 Å². The van der Waals surface area contributed by atoms with Crippen LogP contribution >= 0.6 is 22.6 Å². The highest BCUT2D eigenvalue weighted by molar-refractivity contribution is 14.1. The zero-order chi connectivity index (χ0) is 15.0. The van der Waals surface area contributed by atoms with Gasteiger partial charge in [-0.3, -0.25) is 0 Å². The van der Waals surface area contributed by atoms with Crippen LogP contribution in [-0.4, -0.2) is 40.7 Å². The van der Waals surface area contributed by atoms with Gasteiger partial charge >= 0.3 is 5.97 Å². The van der Waals surface area contributed by atoms with E-state index < -0.39 is 0 Å². The van der Waals surface area contributed by atoms with E-state index in [-0.39, 0.29) is 12.8 Å². The molecule has 0 aromatic heterocycles. The summed E-state index contributed by atoms with van der Waals surface area (Å²) in [7, 11) is 4.59. The molecule has 0 aliphatic carbocycles. The Balaban J connectivity index is 3.02. The quantitative estimate of drug-likeness (QED) is 0.293. The Morgan fingerprint density at radius 2 is 1.85 bits per heavy atom. The summed E-state index contributed by atoms with van der Waals surface area (Å²) >= 11 is 2.26. The number of ether oxygens (including phenoxy) is 4. The molecule has 5 nitrogen and oxygen atoms in total. The number of esters is 1. The van der Waals surface area contributed by atoms with Crippen molar-refractivity contribution in [1.29, 1.82) is 0 Å². The summed E-state index contributed by atoms with van der Waals surface area (Å²) in [6.45, 7) is 1.20. The van der Waals surface area contributed by atoms with Gasteiger partial charge < -0.3 is 18.9 Å². The van der Waals surface area contributed by atoms with E-state index in [0.29, 0.717) is 18.8 Å². The van der Waals surface area contributed by atoms with Crippen LogP contribution in [0.1, 0.15) is 21.5 Å². The molecule has 0 fully saturated rings. The molecule has 0 atom stereocenters. The van der Waals surface area contributed by atoms with Crippen LogP contribution in [0.3, 0.4) is 0 Å². The molecule has 0 amide bonds. The second-order valence-corrected chi connectivity index (χ2v) is 5.18. The van der Waals surface area contributed by atoms with Crippen molar-refractivity contribution in [2.45, 2.75) is 13.0 Å². The minimum absolute atomic E-state index is 0.214. The van der Waals surface area contributed by atoms with Gasteiger partial charge in [0, 0.05) is 17.8 Å². The molecule has 1 aromatic rings. The average molecular weight is 394 g/mol. The van der Waals surface area contributed by atoms with Gasteiger partial charge in [0.05, 0.1) is 25.9 Å². The first kappa shape index (κ1) is 17.4. The third-order valence-corrected chi connectivity index (χ3v) is 4.06. The van der Waals surface area contributed by atoms with Crippen LogP contribution in [0.2, 0.25) is 0 Å². The van der Waals surface area contributed by atoms with E-state index in [1.165, 1.54) is 7.11 Å². The van der Waals surface area contributed by atoms with Gasteiger partial charge in [-0.1, -0.05) is 0 Å². The first-order valence-corrected chi connectivity index (χ1v) is 7.17. The fraction of sp³-hybridized carbons (Fsp3) is 0.500. The zero-order valence-corrected chi connectivity index (χ0v) is 14.1. The molecular formula is C14H19IO5. The summed E-state index contributed by atoms with van der Waals surface area (Å²) in [5.74, 6) is -0.354. The highest BCUT2D eigenvalue weighted by atomic mass is 127. The van der Waals surface area contributed by atoms with E-state index in [9.17, 15) is 4.79 Å². The third kappa shape index (κ3) is 5.01. The van der Waals surface area contributed by atoms with Crippen molar-refractivity contribution in [2.75, 3.05) is 34.7 Å². The summed E-state index contributed by atoms with van der Waals surface area (Å²) in [5, 5.41) is 0. The average Bonchev–Trinajstić information content (AvgIpc) is 2.47. The van der Waals surface area contributed by atoms with Crippen LogP contribution in [0, 0.1) is 3.57 Å². The topological polar surface area (TPSA) is 54.0 Å². The smallest absolute Gasteiger partial charge is 0.337 e. The molecule has 20 heavy (non-hydrogen) atoms. The Morgan fingerprint density at radius 1 is 1.15 bits per heavy atom. The van der Waals surface area contributed by atoms with Crippen LogP contribution in [0.4, 0.5) is 0 Å². The van der Waals surface area contributed by atoms with Crippen LogP contribution in [-0.2, 0) is 32.0 Å². The van der Waals surface area contributed by atoms with E-state index in [1.807, 2.05) is 6.07 Å². The van der Waals surface area contributed by atoms with Gasteiger partial charge in [0.1, 0.15) is 6.79 Å². The second-order valence-electron chi connectivity index (χ2n) is 4.10. The predicted octanol–water partition coefficient (Wildman–Crippen LogP) is 2.39. The summed E-state index contributed by atoms with van der Waals surface area (Å²) in [6.07, 6.45) is 0.733. The number of halogens is 1. The molecular weight excluding hydrogens is 375 g/mol. The SMILES string of the molecule is COCCc1cc(C(=O)OC)cc(COCOC)c1I. The molecule has 0 bridgehead atoms. The Morgan fingerprint density at radius 3 is 2.45 bits per heavy atom. The number of benzene rings is 1. The first-order chi connectivity index (χ1) is 9.63. The second kappa shape index (κ2) is 9.28. The third-order valence-electron chi connectivity index (χ3n) is 2.68. The molecule has 1 aromatic carbocycles. The maximum absolute atomic E-state index is 11.7. The lowest BCUT2D eigenvalue weighted by Gasteiger charge is -2.13. The maximum atomic E-state index is 11.7. The molecule has 0 aliphatic heterocycles. The Hall–Kier alpha value is -0.700. The number of carbonyl (C=O) groups excluding carboxylic acids is 1. The van der Waals surface area contributed by atoms with Crippen LogP contribution in [0.15, 0.2) is 12.1 Å². The number of rotatable bonds is 8. The molecule has 0 saturated heterocycles. The standard InChI is InChI=1S/C14H19IO5/c1-17-5-4-10-6-11(14(16)19-3)7-12(13(10)15)8-20-9-18-2/h6-7H,4-5,8-9H2,1-3H3. The first-order valence-electron chi connectivity index (χ1n) is 6.09. The van der Waals surface area contributed by atoms with E-state index >= 15 is 0 Å². The van der Waals surface area contributed by atoms with Crippen LogP contribution in [0.25, 0.3) is 0 Å². The molecule has 0 radical (unpaired) electrons. The summed E-state index contributed by atoms with van der Waals surface area (Å²) in [5.41, 5.74) is 2.51. The normalized spacial score (nSPS) is 10.6. The molecule has 0 N–H and O–H groups in total. The fourth-order valence-corrected chi connectivity index (χ4v) is 2.46. The van der Waals surface area contributed by atoms with Crippen molar-refractivity contribution < 1.29 is 23.7 Å². The van der Waals surface area contributed by atoms with Gasteiger partial charge in [-0.05, 0) is 52.3 Å². The molecule has 112 valence electrons. The van der Waals surface area contributed by atoms with E-state index in [2.05, 4.69) is 22.6 Å². The fourth-order valence-electron chi connectivity index (χ4n) is 1.72. The van der Waals surface area contributed by atoms with Crippen molar-refractivity contribution in [3.05, 3.63) is 32.4 Å². The van der Waals surface area contributed by atoms with Crippen LogP contribution in [0.5, 0.6) is 0 Å². The Labute approximate surface area is 132 Å². The summed E-state index contributed by atoms with van der Waals surface area (Å²) < 4.78 is 21.2. The molecule has 0 spiro atoms. The van der Waals surface area contributed by atoms with Gasteiger partial charge in [0.2, 0.25) is 0 Å². The minimum Gasteiger partial charge on any atom is -0.465 e. The van der Waals surface area contributed by atoms with E-state index in [4.69, 9.17) is 18.9 Å². The number of hydrogen-bond acceptors (Lipinski definition) is 5. The van der Waals surface area contributed by atoms with Crippen LogP contribution < -0.4 is 0 Å². The van der Waals surface area contributed by atoms with Crippen molar-refractivity contribution in [3.63, 3.8) is 0 Å². The highest BCUT2D eigenvalue weighted by Crippen LogP contribution is 2.22. The molecule has 0 aliphatic rings. The molecule has 0 unspecified atom stereocenters. The summed E-state index contributed by atoms with van der Waals surface area (Å²) in [6, 6.07) is 3.63. The lowest BCUT2D eigenvalue weighted by molar-refractivity contribution is -0.0392. The van der Waals surface area contributed by atoms with Crippen molar-refractivity contribution in [3.8, 4) is 0 Å². The molecule has 1 rings (SSSR count). The minimum atomic E-state index is -0.354. The number of carbonyl (C=O) groups is 1. The molecule has 6 heteroatoms. The summed E-state index contributed by atoms with van der Waals surface area (Å²) in [4.78, 5) is 11.7. The number of methoxy groups -OCH3 is 3.